The molecular formula is C37H51F4N5O6S. The number of methoxy groups -OCH3 is 1. The molecule has 1 aromatic carbocycles. The summed E-state index contributed by atoms with van der Waals surface area (Å²) in [7, 11) is -1.86. The van der Waals surface area contributed by atoms with Crippen molar-refractivity contribution >= 4 is 44.7 Å². The van der Waals surface area contributed by atoms with E-state index in [0.29, 0.717) is 5.56 Å². The van der Waals surface area contributed by atoms with Gasteiger partial charge in [-0.25, -0.2) is 14.2 Å². The quantitative estimate of drug-likeness (QED) is 0.0486. The minimum Gasteiger partial charge on any atom is -0.479 e. The molecule has 2 heterocycles. The number of oxime groups is 1. The minimum atomic E-state index is -4.74. The topological polar surface area (TPSA) is 146 Å². The molecule has 1 aliphatic rings. The van der Waals surface area contributed by atoms with Crippen LogP contribution in [-0.2, 0) is 35.2 Å². The van der Waals surface area contributed by atoms with Crippen LogP contribution in [0.15, 0.2) is 70.1 Å². The number of carbonyl (C=O) groups is 2. The lowest BCUT2D eigenvalue weighted by Gasteiger charge is -2.24. The van der Waals surface area contributed by atoms with E-state index in [2.05, 4.69) is 52.7 Å². The van der Waals surface area contributed by atoms with Crippen LogP contribution in [0.4, 0.5) is 28.0 Å². The number of pyridine rings is 1. The summed E-state index contributed by atoms with van der Waals surface area (Å²) < 4.78 is 76.4. The number of unbranched alkanes of at least 4 members (excludes halogenated alkanes) is 3. The lowest BCUT2D eigenvalue weighted by atomic mass is 10.1. The van der Waals surface area contributed by atoms with E-state index in [1.807, 2.05) is 0 Å². The van der Waals surface area contributed by atoms with Gasteiger partial charge in [0.1, 0.15) is 28.6 Å². The van der Waals surface area contributed by atoms with Crippen LogP contribution in [0.1, 0.15) is 97.4 Å². The number of benzene rings is 1. The van der Waals surface area contributed by atoms with Gasteiger partial charge >= 0.3 is 12.3 Å². The highest BCUT2D eigenvalue weighted by Gasteiger charge is 2.33. The lowest BCUT2D eigenvalue weighted by Crippen LogP contribution is -2.30. The van der Waals surface area contributed by atoms with Gasteiger partial charge in [0.15, 0.2) is 0 Å². The predicted molar refractivity (Wildman–Crippen MR) is 202 cm³/mol. The van der Waals surface area contributed by atoms with Crippen molar-refractivity contribution in [3.05, 3.63) is 77.7 Å². The number of nitrogens with two attached hydrogens (primary N) is 1. The van der Waals surface area contributed by atoms with E-state index in [9.17, 15) is 27.0 Å². The van der Waals surface area contributed by atoms with Crippen molar-refractivity contribution in [2.75, 3.05) is 17.8 Å². The molecule has 294 valence electrons. The molecule has 53 heavy (non-hydrogen) atoms. The van der Waals surface area contributed by atoms with Crippen LogP contribution in [0, 0.1) is 5.82 Å². The smallest absolute Gasteiger partial charge is 0.432 e. The Kier molecular flexibility index (Phi) is 17.9. The zero-order chi connectivity index (χ0) is 40.7. The van der Waals surface area contributed by atoms with Crippen LogP contribution >= 0.6 is 0 Å². The molecule has 11 nitrogen and oxygen atoms in total. The summed E-state index contributed by atoms with van der Waals surface area (Å²) in [5.41, 5.74) is 3.74. The van der Waals surface area contributed by atoms with Crippen molar-refractivity contribution in [1.29, 1.82) is 0 Å². The first-order chi connectivity index (χ1) is 24.5. The number of allylic oxidation sites excluding steroid dienone is 2. The van der Waals surface area contributed by atoms with E-state index < -0.39 is 44.8 Å². The highest BCUT2D eigenvalue weighted by molar-refractivity contribution is 8.00. The number of aromatic nitrogens is 1. The standard InChI is InChI=1S/C26H26F4N4O4S.C6H14.C5H11NO2/c1-15(2)38-33-16(3)19-11-22-23(12-20(19)27)39(6,36)10-9-24(35)34(22)14-18-7-8-21(31-13-18)25(37-5)32-17(4)26(28,29)30;1-3-5-6-4-2;1-5(2,3)8-4(6)7/h7-8,11-13H,1,4,6,9-10,14H2,2-3,5H3;3-6H2,1-2H3;1-3H3,(H2,6,7)/b32-25?,33-16+;;. The normalized spacial score (nSPS) is 16.2. The Morgan fingerprint density at radius 1 is 1.09 bits per heavy atom. The van der Waals surface area contributed by atoms with Crippen molar-refractivity contribution < 1.29 is 45.7 Å². The van der Waals surface area contributed by atoms with Gasteiger partial charge in [-0.3, -0.25) is 14.0 Å². The van der Waals surface area contributed by atoms with Crippen LogP contribution in [0.25, 0.3) is 0 Å². The Hall–Kier alpha value is -4.73. The van der Waals surface area contributed by atoms with Crippen molar-refractivity contribution in [3.63, 3.8) is 0 Å². The molecule has 2 amide bonds. The van der Waals surface area contributed by atoms with Gasteiger partial charge in [-0.15, -0.1) is 0 Å². The molecule has 1 atom stereocenters. The molecular weight excluding hydrogens is 718 g/mol. The van der Waals surface area contributed by atoms with E-state index in [1.165, 1.54) is 61.9 Å². The maximum Gasteiger partial charge on any atom is 0.432 e. The number of halogens is 4. The first kappa shape index (κ1) is 46.3. The number of amides is 2. The van der Waals surface area contributed by atoms with Gasteiger partial charge in [0.05, 0.1) is 29.9 Å². The second-order valence-corrected chi connectivity index (χ2v) is 15.3. The summed E-state index contributed by atoms with van der Waals surface area (Å²) in [4.78, 5) is 37.0. The van der Waals surface area contributed by atoms with Crippen molar-refractivity contribution in [2.45, 2.75) is 104 Å². The molecule has 3 rings (SSSR count). The number of anilines is 1. The number of rotatable bonds is 10. The average Bonchev–Trinajstić information content (AvgIpc) is 3.13. The Balaban J connectivity index is 0.000000845. The van der Waals surface area contributed by atoms with Gasteiger partial charge in [0.2, 0.25) is 11.8 Å². The molecule has 0 fully saturated rings. The monoisotopic (exact) mass is 769 g/mol. The van der Waals surface area contributed by atoms with Crippen molar-refractivity contribution in [3.8, 4) is 0 Å². The van der Waals surface area contributed by atoms with Gasteiger partial charge in [-0.05, 0) is 73.8 Å². The number of fused-ring (bicyclic) bond motifs is 1. The number of hydrogen-bond donors (Lipinski definition) is 1. The summed E-state index contributed by atoms with van der Waals surface area (Å²) in [5, 5.41) is 3.84. The maximum absolute atomic E-state index is 15.1. The number of aliphatic imine (C=N–C) groups is 1. The van der Waals surface area contributed by atoms with E-state index >= 15 is 4.39 Å². The maximum atomic E-state index is 15.1. The Labute approximate surface area is 310 Å². The van der Waals surface area contributed by atoms with Crippen LogP contribution in [0.5, 0.6) is 0 Å². The van der Waals surface area contributed by atoms with E-state index in [4.69, 9.17) is 15.3 Å². The zero-order valence-electron chi connectivity index (χ0n) is 31.7. The Bertz CT molecular complexity index is 1760. The second-order valence-electron chi connectivity index (χ2n) is 12.9. The van der Waals surface area contributed by atoms with E-state index in [1.54, 1.807) is 27.7 Å². The van der Waals surface area contributed by atoms with Gasteiger partial charge in [0, 0.05) is 23.9 Å². The van der Waals surface area contributed by atoms with Gasteiger partial charge < -0.3 is 24.9 Å². The van der Waals surface area contributed by atoms with Gasteiger partial charge in [-0.2, -0.15) is 13.2 Å². The number of alkyl halides is 3. The highest BCUT2D eigenvalue weighted by atomic mass is 32.2. The van der Waals surface area contributed by atoms with Crippen molar-refractivity contribution in [1.82, 2.24) is 4.98 Å². The number of primary amides is 1. The third-order valence-electron chi connectivity index (χ3n) is 6.92. The van der Waals surface area contributed by atoms with Gasteiger partial charge in [-0.1, -0.05) is 63.9 Å². The first-order valence-electron chi connectivity index (χ1n) is 16.7. The van der Waals surface area contributed by atoms with E-state index in [-0.39, 0.29) is 57.9 Å². The zero-order valence-corrected chi connectivity index (χ0v) is 32.5. The predicted octanol–water partition coefficient (Wildman–Crippen LogP) is 8.44. The molecule has 2 N–H and O–H groups in total. The molecule has 2 aromatic rings. The first-order valence-corrected chi connectivity index (χ1v) is 18.6. The number of carbonyl (C=O) groups excluding carboxylic acids is 2. The van der Waals surface area contributed by atoms with Gasteiger partial charge in [0.25, 0.3) is 0 Å². The fraction of sp³-hybridized carbons (Fsp3) is 0.459. The summed E-state index contributed by atoms with van der Waals surface area (Å²) in [5.74, 6) is 2.45. The third kappa shape index (κ3) is 15.8. The summed E-state index contributed by atoms with van der Waals surface area (Å²) in [6, 6.07) is 5.34. The Morgan fingerprint density at radius 3 is 2.13 bits per heavy atom. The molecule has 0 saturated heterocycles. The summed E-state index contributed by atoms with van der Waals surface area (Å²) >= 11 is 0. The minimum absolute atomic E-state index is 0.00345. The Morgan fingerprint density at radius 2 is 1.70 bits per heavy atom. The molecule has 16 heteroatoms. The molecule has 1 unspecified atom stereocenters. The fourth-order valence-corrected chi connectivity index (χ4v) is 5.95. The number of nitrogens with zero attached hydrogens (tertiary/aromatic N) is 4. The fourth-order valence-electron chi connectivity index (χ4n) is 4.35. The molecule has 0 bridgehead atoms. The molecule has 0 spiro atoms. The third-order valence-corrected chi connectivity index (χ3v) is 8.91. The molecule has 0 saturated carbocycles. The SMILES string of the molecule is C=C(C)O/N=C(\C)c1cc2c(cc1F)S(=C)(=O)CCC(=O)N2Cc1ccc(C(=NC(=C)C(F)(F)F)OC)nc1.CC(C)(C)OC(N)=O.CCCCCC. The summed E-state index contributed by atoms with van der Waals surface area (Å²) in [6.45, 7) is 19.2. The summed E-state index contributed by atoms with van der Waals surface area (Å²) in [6.07, 6.45) is 1.30. The highest BCUT2D eigenvalue weighted by Crippen LogP contribution is 2.34. The molecule has 1 aromatic heterocycles. The van der Waals surface area contributed by atoms with Crippen molar-refractivity contribution in [2.24, 2.45) is 15.9 Å². The molecule has 1 aliphatic heterocycles. The van der Waals surface area contributed by atoms with Crippen LogP contribution in [0.3, 0.4) is 0 Å². The van der Waals surface area contributed by atoms with Crippen LogP contribution < -0.4 is 10.6 Å². The van der Waals surface area contributed by atoms with Crippen LogP contribution in [0.2, 0.25) is 0 Å². The largest absolute Gasteiger partial charge is 0.479 e. The molecule has 0 aliphatic carbocycles. The average molecular weight is 770 g/mol. The van der Waals surface area contributed by atoms with E-state index in [0.717, 1.165) is 13.2 Å². The molecule has 0 radical (unpaired) electrons. The number of ether oxygens (including phenoxy) is 2. The number of hydrogen-bond acceptors (Lipinski definition) is 9. The van der Waals surface area contributed by atoms with Crippen LogP contribution in [-0.4, -0.2) is 63.3 Å². The second kappa shape index (κ2) is 20.5. The lowest BCUT2D eigenvalue weighted by molar-refractivity contribution is -0.118.